The van der Waals surface area contributed by atoms with Crippen LogP contribution in [0.25, 0.3) is 0 Å². The van der Waals surface area contributed by atoms with Crippen LogP contribution in [-0.2, 0) is 21.1 Å². The highest BCUT2D eigenvalue weighted by atomic mass is 32.2. The molecule has 1 aromatic carbocycles. The number of hydrogen-bond donors (Lipinski definition) is 2. The molecule has 2 aliphatic heterocycles. The highest BCUT2D eigenvalue weighted by Crippen LogP contribution is 2.34. The summed E-state index contributed by atoms with van der Waals surface area (Å²) >= 11 is 0. The third-order valence-electron chi connectivity index (χ3n) is 4.46. The SMILES string of the molecule is CN=C(NCc1ccc(S(C)(=O)=O)cc1)NC1CC2CCC1O2. The van der Waals surface area contributed by atoms with E-state index in [4.69, 9.17) is 4.74 Å². The van der Waals surface area contributed by atoms with Gasteiger partial charge in [0.2, 0.25) is 0 Å². The van der Waals surface area contributed by atoms with Crippen molar-refractivity contribution in [2.24, 2.45) is 4.99 Å². The first-order valence-electron chi connectivity index (χ1n) is 7.87. The predicted octanol–water partition coefficient (Wildman–Crippen LogP) is 1.07. The maximum absolute atomic E-state index is 11.5. The number of nitrogens with zero attached hydrogens (tertiary/aromatic N) is 1. The minimum atomic E-state index is -3.15. The van der Waals surface area contributed by atoms with Crippen molar-refractivity contribution in [1.29, 1.82) is 0 Å². The number of sulfone groups is 1. The predicted molar refractivity (Wildman–Crippen MR) is 89.2 cm³/mol. The van der Waals surface area contributed by atoms with Gasteiger partial charge in [-0.25, -0.2) is 8.42 Å². The Morgan fingerprint density at radius 3 is 2.57 bits per heavy atom. The molecule has 0 saturated carbocycles. The van der Waals surface area contributed by atoms with Gasteiger partial charge in [0, 0.05) is 19.8 Å². The van der Waals surface area contributed by atoms with Crippen molar-refractivity contribution >= 4 is 15.8 Å². The van der Waals surface area contributed by atoms with Gasteiger partial charge in [-0.3, -0.25) is 4.99 Å². The molecular formula is C16H23N3O3S. The third kappa shape index (κ3) is 3.84. The van der Waals surface area contributed by atoms with E-state index < -0.39 is 9.84 Å². The molecule has 23 heavy (non-hydrogen) atoms. The van der Waals surface area contributed by atoms with E-state index in [9.17, 15) is 8.42 Å². The van der Waals surface area contributed by atoms with Crippen LogP contribution in [0.2, 0.25) is 0 Å². The first-order valence-corrected chi connectivity index (χ1v) is 9.76. The molecule has 2 aliphatic rings. The third-order valence-corrected chi connectivity index (χ3v) is 5.59. The summed E-state index contributed by atoms with van der Waals surface area (Å²) in [6.07, 6.45) is 5.23. The van der Waals surface area contributed by atoms with Gasteiger partial charge in [-0.15, -0.1) is 0 Å². The van der Waals surface area contributed by atoms with Crippen molar-refractivity contribution in [2.45, 2.75) is 49.0 Å². The molecule has 0 spiro atoms. The van der Waals surface area contributed by atoms with Crippen LogP contribution in [0.3, 0.4) is 0 Å². The molecule has 2 heterocycles. The number of hydrogen-bond acceptors (Lipinski definition) is 4. The van der Waals surface area contributed by atoms with Gasteiger partial charge in [0.05, 0.1) is 23.1 Å². The second-order valence-corrected chi connectivity index (χ2v) is 8.22. The quantitative estimate of drug-likeness (QED) is 0.635. The van der Waals surface area contributed by atoms with Gasteiger partial charge in [-0.1, -0.05) is 12.1 Å². The van der Waals surface area contributed by atoms with Crippen LogP contribution in [0, 0.1) is 0 Å². The number of aliphatic imine (C=N–C) groups is 1. The van der Waals surface area contributed by atoms with E-state index in [1.54, 1.807) is 19.2 Å². The van der Waals surface area contributed by atoms with Gasteiger partial charge in [0.15, 0.2) is 15.8 Å². The molecule has 3 atom stereocenters. The zero-order chi connectivity index (χ0) is 16.4. The van der Waals surface area contributed by atoms with E-state index in [2.05, 4.69) is 15.6 Å². The fourth-order valence-electron chi connectivity index (χ4n) is 3.20. The fraction of sp³-hybridized carbons (Fsp3) is 0.562. The van der Waals surface area contributed by atoms with Crippen LogP contribution in [0.15, 0.2) is 34.2 Å². The summed E-state index contributed by atoms with van der Waals surface area (Å²) in [7, 11) is -1.40. The first kappa shape index (κ1) is 16.3. The van der Waals surface area contributed by atoms with Gasteiger partial charge in [-0.2, -0.15) is 0 Å². The van der Waals surface area contributed by atoms with Crippen molar-refractivity contribution in [3.8, 4) is 0 Å². The standard InChI is InChI=1S/C16H23N3O3S/c1-17-16(19-14-9-12-5-8-15(14)22-12)18-10-11-3-6-13(7-4-11)23(2,20)21/h3-4,6-7,12,14-15H,5,8-10H2,1-2H3,(H2,17,18,19). The van der Waals surface area contributed by atoms with E-state index in [1.165, 1.54) is 12.7 Å². The van der Waals surface area contributed by atoms with Crippen LogP contribution < -0.4 is 10.6 Å². The summed E-state index contributed by atoms with van der Waals surface area (Å²) in [5.41, 5.74) is 1.00. The van der Waals surface area contributed by atoms with Gasteiger partial charge in [-0.05, 0) is 37.0 Å². The molecule has 6 nitrogen and oxygen atoms in total. The van der Waals surface area contributed by atoms with E-state index in [0.29, 0.717) is 29.7 Å². The van der Waals surface area contributed by atoms with Crippen molar-refractivity contribution in [2.75, 3.05) is 13.3 Å². The van der Waals surface area contributed by atoms with Crippen LogP contribution in [0.4, 0.5) is 0 Å². The second kappa shape index (κ2) is 6.49. The van der Waals surface area contributed by atoms with Gasteiger partial charge < -0.3 is 15.4 Å². The largest absolute Gasteiger partial charge is 0.373 e. The minimum absolute atomic E-state index is 0.299. The molecule has 3 unspecified atom stereocenters. The topological polar surface area (TPSA) is 79.8 Å². The zero-order valence-corrected chi connectivity index (χ0v) is 14.3. The van der Waals surface area contributed by atoms with E-state index in [0.717, 1.165) is 24.4 Å². The molecule has 2 bridgehead atoms. The lowest BCUT2D eigenvalue weighted by Crippen LogP contribution is -2.47. The Bertz CT molecular complexity index is 685. The molecule has 1 aromatic rings. The molecule has 2 fully saturated rings. The highest BCUT2D eigenvalue weighted by molar-refractivity contribution is 7.90. The molecule has 0 amide bonds. The summed E-state index contributed by atoms with van der Waals surface area (Å²) in [5, 5.41) is 6.69. The number of nitrogens with one attached hydrogen (secondary N) is 2. The van der Waals surface area contributed by atoms with Gasteiger partial charge in [0.1, 0.15) is 0 Å². The Morgan fingerprint density at radius 2 is 2.04 bits per heavy atom. The average molecular weight is 337 g/mol. The fourth-order valence-corrected chi connectivity index (χ4v) is 3.83. The summed E-state index contributed by atoms with van der Waals surface area (Å²) in [6, 6.07) is 7.22. The van der Waals surface area contributed by atoms with Crippen molar-refractivity contribution in [3.05, 3.63) is 29.8 Å². The molecule has 2 saturated heterocycles. The minimum Gasteiger partial charge on any atom is -0.373 e. The van der Waals surface area contributed by atoms with Crippen LogP contribution >= 0.6 is 0 Å². The lowest BCUT2D eigenvalue weighted by Gasteiger charge is -2.22. The Labute approximate surface area is 137 Å². The summed E-state index contributed by atoms with van der Waals surface area (Å²) in [5.74, 6) is 0.748. The Morgan fingerprint density at radius 1 is 1.30 bits per heavy atom. The number of benzene rings is 1. The van der Waals surface area contributed by atoms with Crippen molar-refractivity contribution in [1.82, 2.24) is 10.6 Å². The maximum Gasteiger partial charge on any atom is 0.191 e. The Hall–Kier alpha value is -1.60. The van der Waals surface area contributed by atoms with E-state index >= 15 is 0 Å². The molecule has 0 radical (unpaired) electrons. The first-order chi connectivity index (χ1) is 11.0. The smallest absolute Gasteiger partial charge is 0.191 e. The molecule has 7 heteroatoms. The molecular weight excluding hydrogens is 314 g/mol. The number of guanidine groups is 1. The van der Waals surface area contributed by atoms with Crippen LogP contribution in [-0.4, -0.2) is 45.9 Å². The summed E-state index contributed by atoms with van der Waals surface area (Å²) in [4.78, 5) is 4.59. The zero-order valence-electron chi connectivity index (χ0n) is 13.5. The molecule has 0 aromatic heterocycles. The van der Waals surface area contributed by atoms with Gasteiger partial charge >= 0.3 is 0 Å². The maximum atomic E-state index is 11.5. The highest BCUT2D eigenvalue weighted by Gasteiger charge is 2.41. The van der Waals surface area contributed by atoms with Crippen LogP contribution in [0.1, 0.15) is 24.8 Å². The monoisotopic (exact) mass is 337 g/mol. The molecule has 0 aliphatic carbocycles. The molecule has 3 rings (SSSR count). The molecule has 126 valence electrons. The second-order valence-electron chi connectivity index (χ2n) is 6.20. The lowest BCUT2D eigenvalue weighted by atomic mass is 9.96. The van der Waals surface area contributed by atoms with Crippen molar-refractivity contribution in [3.63, 3.8) is 0 Å². The summed E-state index contributed by atoms with van der Waals surface area (Å²) < 4.78 is 28.7. The lowest BCUT2D eigenvalue weighted by molar-refractivity contribution is 0.0992. The Kier molecular flexibility index (Phi) is 4.59. The summed E-state index contributed by atoms with van der Waals surface area (Å²) in [6.45, 7) is 0.589. The molecule has 2 N–H and O–H groups in total. The average Bonchev–Trinajstić information content (AvgIpc) is 3.13. The Balaban J connectivity index is 1.54. The van der Waals surface area contributed by atoms with E-state index in [1.807, 2.05) is 12.1 Å². The van der Waals surface area contributed by atoms with Crippen LogP contribution in [0.5, 0.6) is 0 Å². The normalized spacial score (nSPS) is 27.2. The number of rotatable bonds is 4. The number of ether oxygens (including phenoxy) is 1. The van der Waals surface area contributed by atoms with Crippen molar-refractivity contribution < 1.29 is 13.2 Å². The van der Waals surface area contributed by atoms with Gasteiger partial charge in [0.25, 0.3) is 0 Å². The van der Waals surface area contributed by atoms with E-state index in [-0.39, 0.29) is 0 Å². The number of fused-ring (bicyclic) bond motifs is 2.